The molecule has 21 heavy (non-hydrogen) atoms. The Kier molecular flexibility index (Phi) is 7.16. The molecule has 0 atom stereocenters. The van der Waals surface area contributed by atoms with Gasteiger partial charge in [-0.2, -0.15) is 0 Å². The van der Waals surface area contributed by atoms with Crippen molar-refractivity contribution in [3.8, 4) is 5.75 Å². The molecule has 0 aliphatic heterocycles. The highest BCUT2D eigenvalue weighted by molar-refractivity contribution is 7.09. The second kappa shape index (κ2) is 9.46. The second-order valence-corrected chi connectivity index (χ2v) is 6.25. The van der Waals surface area contributed by atoms with Gasteiger partial charge in [0.2, 0.25) is 0 Å². The molecular weight excluding hydrogens is 278 g/mol. The highest BCUT2D eigenvalue weighted by Crippen LogP contribution is 2.18. The number of rotatable bonds is 10. The predicted octanol–water partition coefficient (Wildman–Crippen LogP) is 5.71. The Bertz CT molecular complexity index is 478. The average molecular weight is 303 g/mol. The highest BCUT2D eigenvalue weighted by Gasteiger charge is 1.97. The standard InChI is InChI=1S/C18H25NOS/c1-2-3-4-5-6-13-20-17-11-9-16(10-12-17)19-15-18-8-7-14-21-18/h7-12,14,19H,2-6,13,15H2,1H3. The fraction of sp³-hybridized carbons (Fsp3) is 0.444. The van der Waals surface area contributed by atoms with Gasteiger partial charge in [-0.1, -0.05) is 38.7 Å². The summed E-state index contributed by atoms with van der Waals surface area (Å²) in [6, 6.07) is 12.5. The third-order valence-electron chi connectivity index (χ3n) is 3.42. The first-order valence-electron chi connectivity index (χ1n) is 7.87. The Hall–Kier alpha value is -1.48. The van der Waals surface area contributed by atoms with Crippen LogP contribution in [0.1, 0.15) is 43.9 Å². The average Bonchev–Trinajstić information content (AvgIpc) is 3.03. The van der Waals surface area contributed by atoms with Crippen LogP contribution in [0.3, 0.4) is 0 Å². The maximum atomic E-state index is 5.77. The van der Waals surface area contributed by atoms with E-state index in [0.717, 1.165) is 31.0 Å². The van der Waals surface area contributed by atoms with E-state index in [9.17, 15) is 0 Å². The molecule has 2 nitrogen and oxygen atoms in total. The van der Waals surface area contributed by atoms with Gasteiger partial charge in [0.25, 0.3) is 0 Å². The maximum absolute atomic E-state index is 5.77. The van der Waals surface area contributed by atoms with Crippen molar-refractivity contribution in [2.45, 2.75) is 45.6 Å². The van der Waals surface area contributed by atoms with E-state index in [1.807, 2.05) is 12.1 Å². The lowest BCUT2D eigenvalue weighted by Gasteiger charge is -2.08. The summed E-state index contributed by atoms with van der Waals surface area (Å²) in [7, 11) is 0. The summed E-state index contributed by atoms with van der Waals surface area (Å²) in [5, 5.41) is 5.53. The van der Waals surface area contributed by atoms with E-state index in [2.05, 4.69) is 41.9 Å². The Balaban J connectivity index is 1.64. The van der Waals surface area contributed by atoms with Crippen LogP contribution >= 0.6 is 11.3 Å². The zero-order valence-electron chi connectivity index (χ0n) is 12.8. The van der Waals surface area contributed by atoms with Gasteiger partial charge >= 0.3 is 0 Å². The van der Waals surface area contributed by atoms with Gasteiger partial charge in [0.05, 0.1) is 6.61 Å². The topological polar surface area (TPSA) is 21.3 Å². The third kappa shape index (κ3) is 6.21. The van der Waals surface area contributed by atoms with Gasteiger partial charge in [-0.3, -0.25) is 0 Å². The van der Waals surface area contributed by atoms with E-state index < -0.39 is 0 Å². The lowest BCUT2D eigenvalue weighted by atomic mass is 10.2. The number of anilines is 1. The van der Waals surface area contributed by atoms with Crippen LogP contribution in [-0.2, 0) is 6.54 Å². The molecular formula is C18H25NOS. The lowest BCUT2D eigenvalue weighted by Crippen LogP contribution is -1.99. The summed E-state index contributed by atoms with van der Waals surface area (Å²) in [6.45, 7) is 3.95. The Morgan fingerprint density at radius 1 is 1.00 bits per heavy atom. The first kappa shape index (κ1) is 15.9. The largest absolute Gasteiger partial charge is 0.494 e. The fourth-order valence-corrected chi connectivity index (χ4v) is 2.81. The van der Waals surface area contributed by atoms with Gasteiger partial charge in [0.15, 0.2) is 0 Å². The minimum atomic E-state index is 0.825. The molecule has 0 aliphatic carbocycles. The van der Waals surface area contributed by atoms with E-state index >= 15 is 0 Å². The van der Waals surface area contributed by atoms with E-state index in [4.69, 9.17) is 4.74 Å². The van der Waals surface area contributed by atoms with Crippen LogP contribution in [0.2, 0.25) is 0 Å². The van der Waals surface area contributed by atoms with Gasteiger partial charge < -0.3 is 10.1 Å². The molecule has 1 aromatic carbocycles. The Morgan fingerprint density at radius 3 is 2.52 bits per heavy atom. The third-order valence-corrected chi connectivity index (χ3v) is 4.29. The molecule has 1 aromatic heterocycles. The van der Waals surface area contributed by atoms with Crippen molar-refractivity contribution in [3.05, 3.63) is 46.7 Å². The van der Waals surface area contributed by atoms with E-state index in [0.29, 0.717) is 0 Å². The zero-order valence-corrected chi connectivity index (χ0v) is 13.6. The van der Waals surface area contributed by atoms with Crippen molar-refractivity contribution in [1.29, 1.82) is 0 Å². The van der Waals surface area contributed by atoms with Gasteiger partial charge in [-0.25, -0.2) is 0 Å². The molecule has 0 saturated heterocycles. The van der Waals surface area contributed by atoms with Gasteiger partial charge in [0, 0.05) is 17.1 Å². The number of ether oxygens (including phenoxy) is 1. The molecule has 3 heteroatoms. The zero-order chi connectivity index (χ0) is 14.8. The SMILES string of the molecule is CCCCCCCOc1ccc(NCc2cccs2)cc1. The highest BCUT2D eigenvalue weighted by atomic mass is 32.1. The molecule has 1 heterocycles. The van der Waals surface area contributed by atoms with E-state index in [1.165, 1.54) is 30.6 Å². The molecule has 0 unspecified atom stereocenters. The van der Waals surface area contributed by atoms with Crippen LogP contribution in [0.25, 0.3) is 0 Å². The van der Waals surface area contributed by atoms with Crippen molar-refractivity contribution >= 4 is 17.0 Å². The smallest absolute Gasteiger partial charge is 0.119 e. The monoisotopic (exact) mass is 303 g/mol. The van der Waals surface area contributed by atoms with Gasteiger partial charge in [-0.15, -0.1) is 11.3 Å². The van der Waals surface area contributed by atoms with Gasteiger partial charge in [-0.05, 0) is 42.1 Å². The van der Waals surface area contributed by atoms with Crippen molar-refractivity contribution in [2.24, 2.45) is 0 Å². The number of hydrogen-bond donors (Lipinski definition) is 1. The van der Waals surface area contributed by atoms with Crippen molar-refractivity contribution in [2.75, 3.05) is 11.9 Å². The second-order valence-electron chi connectivity index (χ2n) is 5.22. The lowest BCUT2D eigenvalue weighted by molar-refractivity contribution is 0.304. The summed E-state index contributed by atoms with van der Waals surface area (Å²) in [4.78, 5) is 1.35. The quantitative estimate of drug-likeness (QED) is 0.568. The molecule has 0 spiro atoms. The fourth-order valence-electron chi connectivity index (χ4n) is 2.17. The summed E-state index contributed by atoms with van der Waals surface area (Å²) in [6.07, 6.45) is 6.38. The number of benzene rings is 1. The molecule has 0 bridgehead atoms. The molecule has 2 rings (SSSR count). The van der Waals surface area contributed by atoms with Crippen LogP contribution in [0.4, 0.5) is 5.69 Å². The van der Waals surface area contributed by atoms with Crippen LogP contribution < -0.4 is 10.1 Å². The Labute approximate surface area is 132 Å². The molecule has 0 saturated carbocycles. The van der Waals surface area contributed by atoms with E-state index in [-0.39, 0.29) is 0 Å². The van der Waals surface area contributed by atoms with Crippen LogP contribution in [-0.4, -0.2) is 6.61 Å². The molecule has 1 N–H and O–H groups in total. The summed E-state index contributed by atoms with van der Waals surface area (Å²) in [5.74, 6) is 0.965. The van der Waals surface area contributed by atoms with Crippen molar-refractivity contribution in [3.63, 3.8) is 0 Å². The summed E-state index contributed by atoms with van der Waals surface area (Å²) >= 11 is 1.78. The number of unbranched alkanes of at least 4 members (excludes halogenated alkanes) is 4. The summed E-state index contributed by atoms with van der Waals surface area (Å²) in [5.41, 5.74) is 1.14. The van der Waals surface area contributed by atoms with E-state index in [1.54, 1.807) is 11.3 Å². The van der Waals surface area contributed by atoms with Crippen LogP contribution in [0, 0.1) is 0 Å². The first-order chi connectivity index (χ1) is 10.4. The normalized spacial score (nSPS) is 10.5. The molecule has 2 aromatic rings. The molecule has 0 fully saturated rings. The molecule has 0 amide bonds. The van der Waals surface area contributed by atoms with Crippen LogP contribution in [0.15, 0.2) is 41.8 Å². The Morgan fingerprint density at radius 2 is 1.81 bits per heavy atom. The maximum Gasteiger partial charge on any atom is 0.119 e. The number of hydrogen-bond acceptors (Lipinski definition) is 3. The van der Waals surface area contributed by atoms with Crippen molar-refractivity contribution < 1.29 is 4.74 Å². The molecule has 114 valence electrons. The molecule has 0 radical (unpaired) electrons. The van der Waals surface area contributed by atoms with Crippen LogP contribution in [0.5, 0.6) is 5.75 Å². The first-order valence-corrected chi connectivity index (χ1v) is 8.75. The minimum Gasteiger partial charge on any atom is -0.494 e. The predicted molar refractivity (Wildman–Crippen MR) is 92.3 cm³/mol. The van der Waals surface area contributed by atoms with Gasteiger partial charge in [0.1, 0.15) is 5.75 Å². The minimum absolute atomic E-state index is 0.825. The summed E-state index contributed by atoms with van der Waals surface area (Å²) < 4.78 is 5.77. The molecule has 0 aliphatic rings. The number of thiophene rings is 1. The van der Waals surface area contributed by atoms with Crippen molar-refractivity contribution in [1.82, 2.24) is 0 Å². The number of nitrogens with one attached hydrogen (secondary N) is 1.